The van der Waals surface area contributed by atoms with E-state index in [0.717, 1.165) is 9.87 Å². The Kier molecular flexibility index (Phi) is 6.80. The van der Waals surface area contributed by atoms with E-state index in [0.29, 0.717) is 22.3 Å². The molecule has 5 nitrogen and oxygen atoms in total. The molecular weight excluding hydrogens is 420 g/mol. The van der Waals surface area contributed by atoms with Gasteiger partial charge in [-0.2, -0.15) is 0 Å². The van der Waals surface area contributed by atoms with E-state index in [-0.39, 0.29) is 11.4 Å². The fraction of sp³-hybridized carbons (Fsp3) is 0.174. The number of carbonyl (C=O) groups is 1. The fourth-order valence-electron chi connectivity index (χ4n) is 2.96. The molecule has 3 aromatic carbocycles. The number of hydrogen-bond acceptors (Lipinski definition) is 3. The van der Waals surface area contributed by atoms with Crippen LogP contribution in [-0.2, 0) is 14.8 Å². The lowest BCUT2D eigenvalue weighted by molar-refractivity contribution is -0.114. The highest BCUT2D eigenvalue weighted by Gasteiger charge is 2.27. The quantitative estimate of drug-likeness (QED) is 0.540. The number of halogens is 1. The summed E-state index contributed by atoms with van der Waals surface area (Å²) < 4.78 is 27.8. The maximum absolute atomic E-state index is 13.3. The second kappa shape index (κ2) is 9.32. The second-order valence-corrected chi connectivity index (χ2v) is 9.43. The number of nitrogens with zero attached hydrogens (tertiary/aromatic N) is 1. The van der Waals surface area contributed by atoms with Crippen LogP contribution >= 0.6 is 11.6 Å². The molecule has 0 atom stereocenters. The number of carbonyl (C=O) groups excluding carboxylic acids is 1. The molecule has 0 aliphatic rings. The van der Waals surface area contributed by atoms with Crippen LogP contribution in [0.25, 0.3) is 0 Å². The molecule has 7 heteroatoms. The van der Waals surface area contributed by atoms with Crippen LogP contribution < -0.4 is 9.62 Å². The zero-order valence-corrected chi connectivity index (χ0v) is 18.3. The monoisotopic (exact) mass is 442 g/mol. The SMILES string of the molecule is CC(C)c1ccc(N(CC(=O)Nc2cccc(Cl)c2)S(=O)(=O)c2ccccc2)cc1. The predicted octanol–water partition coefficient (Wildman–Crippen LogP) is 5.30. The number of anilines is 2. The molecule has 1 amide bonds. The Balaban J connectivity index is 1.94. The molecule has 0 bridgehead atoms. The van der Waals surface area contributed by atoms with Crippen molar-refractivity contribution >= 4 is 38.9 Å². The minimum absolute atomic E-state index is 0.119. The molecule has 0 heterocycles. The van der Waals surface area contributed by atoms with Crippen molar-refractivity contribution in [3.63, 3.8) is 0 Å². The third-order valence-corrected chi connectivity index (χ3v) is 6.60. The highest BCUT2D eigenvalue weighted by atomic mass is 35.5. The summed E-state index contributed by atoms with van der Waals surface area (Å²) in [6.07, 6.45) is 0. The smallest absolute Gasteiger partial charge is 0.264 e. The van der Waals surface area contributed by atoms with E-state index in [2.05, 4.69) is 19.2 Å². The van der Waals surface area contributed by atoms with Crippen LogP contribution in [0.1, 0.15) is 25.3 Å². The molecule has 0 saturated heterocycles. The van der Waals surface area contributed by atoms with Crippen LogP contribution in [0.2, 0.25) is 5.02 Å². The molecule has 0 aliphatic carbocycles. The molecule has 156 valence electrons. The van der Waals surface area contributed by atoms with Crippen molar-refractivity contribution in [3.05, 3.63) is 89.4 Å². The van der Waals surface area contributed by atoms with E-state index in [1.807, 2.05) is 12.1 Å². The first-order valence-electron chi connectivity index (χ1n) is 9.50. The number of nitrogens with one attached hydrogen (secondary N) is 1. The van der Waals surface area contributed by atoms with Gasteiger partial charge in [0, 0.05) is 10.7 Å². The third-order valence-electron chi connectivity index (χ3n) is 4.57. The van der Waals surface area contributed by atoms with Gasteiger partial charge in [-0.15, -0.1) is 0 Å². The fourth-order valence-corrected chi connectivity index (χ4v) is 4.59. The van der Waals surface area contributed by atoms with Gasteiger partial charge in [-0.1, -0.05) is 61.8 Å². The Morgan fingerprint density at radius 1 is 0.967 bits per heavy atom. The average molecular weight is 443 g/mol. The van der Waals surface area contributed by atoms with Crippen molar-refractivity contribution < 1.29 is 13.2 Å². The molecule has 0 saturated carbocycles. The molecule has 0 radical (unpaired) electrons. The van der Waals surface area contributed by atoms with Crippen molar-refractivity contribution in [1.29, 1.82) is 0 Å². The van der Waals surface area contributed by atoms with E-state index in [1.165, 1.54) is 12.1 Å². The van der Waals surface area contributed by atoms with Gasteiger partial charge < -0.3 is 5.32 Å². The maximum atomic E-state index is 13.3. The van der Waals surface area contributed by atoms with E-state index >= 15 is 0 Å². The Morgan fingerprint density at radius 2 is 1.63 bits per heavy atom. The largest absolute Gasteiger partial charge is 0.324 e. The van der Waals surface area contributed by atoms with Gasteiger partial charge in [0.2, 0.25) is 5.91 Å². The van der Waals surface area contributed by atoms with Crippen molar-refractivity contribution in [2.75, 3.05) is 16.2 Å². The van der Waals surface area contributed by atoms with Gasteiger partial charge in [0.25, 0.3) is 10.0 Å². The minimum Gasteiger partial charge on any atom is -0.324 e. The standard InChI is InChI=1S/C23H23ClN2O3S/c1-17(2)18-11-13-21(14-12-18)26(30(28,29)22-9-4-3-5-10-22)16-23(27)25-20-8-6-7-19(24)15-20/h3-15,17H,16H2,1-2H3,(H,25,27). The number of benzene rings is 3. The minimum atomic E-state index is -3.94. The van der Waals surface area contributed by atoms with E-state index < -0.39 is 15.9 Å². The summed E-state index contributed by atoms with van der Waals surface area (Å²) in [5, 5.41) is 3.18. The average Bonchev–Trinajstić information content (AvgIpc) is 2.72. The number of rotatable bonds is 7. The summed E-state index contributed by atoms with van der Waals surface area (Å²) in [6, 6.07) is 22.0. The van der Waals surface area contributed by atoms with E-state index in [1.54, 1.807) is 54.6 Å². The number of amides is 1. The van der Waals surface area contributed by atoms with Gasteiger partial charge >= 0.3 is 0 Å². The first kappa shape index (κ1) is 21.9. The third kappa shape index (κ3) is 5.20. The Morgan fingerprint density at radius 3 is 2.23 bits per heavy atom. The van der Waals surface area contributed by atoms with Crippen molar-refractivity contribution in [2.24, 2.45) is 0 Å². The molecule has 30 heavy (non-hydrogen) atoms. The highest BCUT2D eigenvalue weighted by molar-refractivity contribution is 7.92. The summed E-state index contributed by atoms with van der Waals surface area (Å²) in [7, 11) is -3.94. The van der Waals surface area contributed by atoms with Gasteiger partial charge in [-0.25, -0.2) is 8.42 Å². The maximum Gasteiger partial charge on any atom is 0.264 e. The lowest BCUT2D eigenvalue weighted by atomic mass is 10.0. The van der Waals surface area contributed by atoms with E-state index in [4.69, 9.17) is 11.6 Å². The lowest BCUT2D eigenvalue weighted by Gasteiger charge is -2.24. The summed E-state index contributed by atoms with van der Waals surface area (Å²) in [6.45, 7) is 3.75. The first-order chi connectivity index (χ1) is 14.3. The molecule has 0 aromatic heterocycles. The Hall–Kier alpha value is -2.83. The molecule has 0 unspecified atom stereocenters. The molecule has 0 fully saturated rings. The summed E-state index contributed by atoms with van der Waals surface area (Å²) in [5.74, 6) is -0.158. The van der Waals surface area contributed by atoms with Crippen LogP contribution in [0.5, 0.6) is 0 Å². The summed E-state index contributed by atoms with van der Waals surface area (Å²) in [4.78, 5) is 12.8. The summed E-state index contributed by atoms with van der Waals surface area (Å²) >= 11 is 5.97. The van der Waals surface area contributed by atoms with Crippen molar-refractivity contribution in [1.82, 2.24) is 0 Å². The molecule has 1 N–H and O–H groups in total. The van der Waals surface area contributed by atoms with Crippen LogP contribution in [0.3, 0.4) is 0 Å². The van der Waals surface area contributed by atoms with Gasteiger partial charge in [0.15, 0.2) is 0 Å². The normalized spacial score (nSPS) is 11.3. The number of sulfonamides is 1. The van der Waals surface area contributed by atoms with Crippen LogP contribution in [0.15, 0.2) is 83.8 Å². The Bertz CT molecular complexity index is 1110. The molecule has 0 aliphatic heterocycles. The van der Waals surface area contributed by atoms with Crippen LogP contribution in [0, 0.1) is 0 Å². The van der Waals surface area contributed by atoms with E-state index in [9.17, 15) is 13.2 Å². The van der Waals surface area contributed by atoms with Gasteiger partial charge in [0.1, 0.15) is 6.54 Å². The molecule has 3 aromatic rings. The van der Waals surface area contributed by atoms with Crippen LogP contribution in [-0.4, -0.2) is 20.9 Å². The molecular formula is C23H23ClN2O3S. The zero-order chi connectivity index (χ0) is 21.7. The zero-order valence-electron chi connectivity index (χ0n) is 16.7. The summed E-state index contributed by atoms with van der Waals surface area (Å²) in [5.41, 5.74) is 2.00. The molecule has 0 spiro atoms. The first-order valence-corrected chi connectivity index (χ1v) is 11.3. The highest BCUT2D eigenvalue weighted by Crippen LogP contribution is 2.26. The van der Waals surface area contributed by atoms with Crippen molar-refractivity contribution in [2.45, 2.75) is 24.7 Å². The Labute approximate surface area is 182 Å². The van der Waals surface area contributed by atoms with Gasteiger partial charge in [0.05, 0.1) is 10.6 Å². The predicted molar refractivity (Wildman–Crippen MR) is 122 cm³/mol. The molecule has 3 rings (SSSR count). The lowest BCUT2D eigenvalue weighted by Crippen LogP contribution is -2.38. The number of hydrogen-bond donors (Lipinski definition) is 1. The second-order valence-electron chi connectivity index (χ2n) is 7.13. The topological polar surface area (TPSA) is 66.5 Å². The van der Waals surface area contributed by atoms with Crippen molar-refractivity contribution in [3.8, 4) is 0 Å². The van der Waals surface area contributed by atoms with Gasteiger partial charge in [-0.05, 0) is 53.9 Å². The van der Waals surface area contributed by atoms with Gasteiger partial charge in [-0.3, -0.25) is 9.10 Å². The van der Waals surface area contributed by atoms with Crippen LogP contribution in [0.4, 0.5) is 11.4 Å².